The highest BCUT2D eigenvalue weighted by Gasteiger charge is 2.54. The van der Waals surface area contributed by atoms with E-state index in [9.17, 15) is 9.59 Å². The molecule has 6 nitrogen and oxygen atoms in total. The topological polar surface area (TPSA) is 74.6 Å². The van der Waals surface area contributed by atoms with Gasteiger partial charge in [-0.2, -0.15) is 0 Å². The SMILES string of the molecule is CN(C)C(CNC(=O)CNC(=O)C12CC3CC(CC(C3)C1)C2)c1ccco1. The molecule has 1 heterocycles. The fraction of sp³-hybridized carbons (Fsp3) is 0.714. The zero-order valence-electron chi connectivity index (χ0n) is 16.4. The van der Waals surface area contributed by atoms with E-state index < -0.39 is 0 Å². The van der Waals surface area contributed by atoms with Crippen molar-refractivity contribution in [2.24, 2.45) is 23.2 Å². The van der Waals surface area contributed by atoms with Crippen LogP contribution in [0.2, 0.25) is 0 Å². The van der Waals surface area contributed by atoms with Crippen molar-refractivity contribution in [3.63, 3.8) is 0 Å². The van der Waals surface area contributed by atoms with Crippen LogP contribution in [0.5, 0.6) is 0 Å². The van der Waals surface area contributed by atoms with Crippen LogP contribution in [0.1, 0.15) is 50.3 Å². The van der Waals surface area contributed by atoms with Crippen LogP contribution >= 0.6 is 0 Å². The summed E-state index contributed by atoms with van der Waals surface area (Å²) in [6, 6.07) is 3.73. The number of hydrogen-bond donors (Lipinski definition) is 2. The molecule has 4 aliphatic carbocycles. The van der Waals surface area contributed by atoms with Crippen molar-refractivity contribution in [3.8, 4) is 0 Å². The van der Waals surface area contributed by atoms with Crippen LogP contribution in [0.15, 0.2) is 22.8 Å². The third-order valence-corrected chi connectivity index (χ3v) is 6.92. The first-order valence-electron chi connectivity index (χ1n) is 10.2. The highest BCUT2D eigenvalue weighted by Crippen LogP contribution is 2.60. The van der Waals surface area contributed by atoms with Gasteiger partial charge in [-0.1, -0.05) is 0 Å². The molecule has 148 valence electrons. The number of rotatable bonds is 7. The summed E-state index contributed by atoms with van der Waals surface area (Å²) >= 11 is 0. The summed E-state index contributed by atoms with van der Waals surface area (Å²) in [7, 11) is 3.91. The highest BCUT2D eigenvalue weighted by molar-refractivity contribution is 5.88. The average molecular weight is 373 g/mol. The zero-order valence-corrected chi connectivity index (χ0v) is 16.4. The maximum Gasteiger partial charge on any atom is 0.239 e. The lowest BCUT2D eigenvalue weighted by Crippen LogP contribution is -2.54. The summed E-state index contributed by atoms with van der Waals surface area (Å²) in [4.78, 5) is 27.2. The van der Waals surface area contributed by atoms with E-state index in [2.05, 4.69) is 10.6 Å². The minimum Gasteiger partial charge on any atom is -0.468 e. The molecule has 2 N–H and O–H groups in total. The molecule has 4 saturated carbocycles. The number of amides is 2. The lowest BCUT2D eigenvalue weighted by molar-refractivity contribution is -0.147. The van der Waals surface area contributed by atoms with E-state index in [0.29, 0.717) is 6.54 Å². The number of nitrogens with zero attached hydrogens (tertiary/aromatic N) is 1. The number of likely N-dealkylation sites (N-methyl/N-ethyl adjacent to an activating group) is 1. The van der Waals surface area contributed by atoms with E-state index in [1.807, 2.05) is 31.1 Å². The fourth-order valence-corrected chi connectivity index (χ4v) is 6.03. The average Bonchev–Trinajstić information content (AvgIpc) is 3.12. The zero-order chi connectivity index (χ0) is 19.0. The van der Waals surface area contributed by atoms with Gasteiger partial charge in [0.1, 0.15) is 5.76 Å². The number of carbonyl (C=O) groups excluding carboxylic acids is 2. The van der Waals surface area contributed by atoms with Gasteiger partial charge < -0.3 is 15.1 Å². The maximum absolute atomic E-state index is 12.9. The van der Waals surface area contributed by atoms with E-state index >= 15 is 0 Å². The second kappa shape index (κ2) is 7.30. The van der Waals surface area contributed by atoms with Crippen molar-refractivity contribution < 1.29 is 14.0 Å². The summed E-state index contributed by atoms with van der Waals surface area (Å²) in [5.74, 6) is 2.95. The van der Waals surface area contributed by atoms with E-state index in [1.54, 1.807) is 6.26 Å². The Morgan fingerprint density at radius 3 is 2.30 bits per heavy atom. The van der Waals surface area contributed by atoms with Gasteiger partial charge in [0.25, 0.3) is 0 Å². The van der Waals surface area contributed by atoms with Gasteiger partial charge in [0.05, 0.1) is 18.8 Å². The first-order valence-corrected chi connectivity index (χ1v) is 10.2. The molecule has 0 aromatic carbocycles. The van der Waals surface area contributed by atoms with Gasteiger partial charge in [-0.15, -0.1) is 0 Å². The van der Waals surface area contributed by atoms with Gasteiger partial charge in [0.2, 0.25) is 11.8 Å². The van der Waals surface area contributed by atoms with E-state index in [4.69, 9.17) is 4.42 Å². The van der Waals surface area contributed by atoms with Crippen LogP contribution in [0.25, 0.3) is 0 Å². The van der Waals surface area contributed by atoms with Crippen molar-refractivity contribution >= 4 is 11.8 Å². The molecule has 6 heteroatoms. The first kappa shape index (κ1) is 18.5. The van der Waals surface area contributed by atoms with Gasteiger partial charge in [-0.25, -0.2) is 0 Å². The molecule has 1 unspecified atom stereocenters. The number of carbonyl (C=O) groups is 2. The molecular weight excluding hydrogens is 342 g/mol. The van der Waals surface area contributed by atoms with Crippen molar-refractivity contribution in [3.05, 3.63) is 24.2 Å². The van der Waals surface area contributed by atoms with Crippen LogP contribution in [0.4, 0.5) is 0 Å². The van der Waals surface area contributed by atoms with Crippen LogP contribution in [-0.2, 0) is 9.59 Å². The minimum absolute atomic E-state index is 0.0252. The Morgan fingerprint density at radius 1 is 1.15 bits per heavy atom. The normalized spacial score (nSPS) is 32.5. The Bertz CT molecular complexity index is 648. The molecule has 4 fully saturated rings. The molecule has 1 atom stereocenters. The Morgan fingerprint density at radius 2 is 1.78 bits per heavy atom. The predicted molar refractivity (Wildman–Crippen MR) is 102 cm³/mol. The number of nitrogens with one attached hydrogen (secondary N) is 2. The van der Waals surface area contributed by atoms with Crippen molar-refractivity contribution in [1.82, 2.24) is 15.5 Å². The van der Waals surface area contributed by atoms with Gasteiger partial charge in [0.15, 0.2) is 0 Å². The van der Waals surface area contributed by atoms with Gasteiger partial charge in [-0.3, -0.25) is 14.5 Å². The molecule has 1 aromatic rings. The van der Waals surface area contributed by atoms with Crippen LogP contribution < -0.4 is 10.6 Å². The second-order valence-electron chi connectivity index (χ2n) is 9.18. The Balaban J connectivity index is 1.27. The summed E-state index contributed by atoms with van der Waals surface area (Å²) in [6.45, 7) is 0.505. The van der Waals surface area contributed by atoms with Crippen molar-refractivity contribution in [1.29, 1.82) is 0 Å². The molecule has 0 radical (unpaired) electrons. The number of furan rings is 1. The smallest absolute Gasteiger partial charge is 0.239 e. The van der Waals surface area contributed by atoms with Crippen LogP contribution in [0.3, 0.4) is 0 Å². The van der Waals surface area contributed by atoms with E-state index in [0.717, 1.165) is 42.8 Å². The molecule has 1 aromatic heterocycles. The van der Waals surface area contributed by atoms with Crippen molar-refractivity contribution in [2.45, 2.75) is 44.6 Å². The molecule has 4 aliphatic rings. The molecule has 4 bridgehead atoms. The molecule has 5 rings (SSSR count). The quantitative estimate of drug-likeness (QED) is 0.769. The maximum atomic E-state index is 12.9. The largest absolute Gasteiger partial charge is 0.468 e. The molecule has 0 spiro atoms. The first-order chi connectivity index (χ1) is 12.9. The Labute approximate surface area is 161 Å². The molecule has 2 amide bonds. The molecule has 0 saturated heterocycles. The van der Waals surface area contributed by atoms with Crippen LogP contribution in [0, 0.1) is 23.2 Å². The third kappa shape index (κ3) is 3.77. The van der Waals surface area contributed by atoms with Crippen molar-refractivity contribution in [2.75, 3.05) is 27.2 Å². The van der Waals surface area contributed by atoms with Gasteiger partial charge >= 0.3 is 0 Å². The fourth-order valence-electron chi connectivity index (χ4n) is 6.03. The van der Waals surface area contributed by atoms with Gasteiger partial charge in [-0.05, 0) is 82.5 Å². The van der Waals surface area contributed by atoms with Crippen LogP contribution in [-0.4, -0.2) is 43.9 Å². The summed E-state index contributed by atoms with van der Waals surface area (Å²) in [5.41, 5.74) is -0.199. The summed E-state index contributed by atoms with van der Waals surface area (Å²) < 4.78 is 5.46. The Hall–Kier alpha value is -1.82. The van der Waals surface area contributed by atoms with E-state index in [-0.39, 0.29) is 29.8 Å². The number of hydrogen-bond acceptors (Lipinski definition) is 4. The standard InChI is InChI=1S/C21H31N3O3/c1-24(2)17(18-4-3-5-27-18)12-22-19(25)13-23-20(26)21-9-14-6-15(10-21)8-16(7-14)11-21/h3-5,14-17H,6-13H2,1-2H3,(H,22,25)(H,23,26). The molecule has 0 aliphatic heterocycles. The third-order valence-electron chi connectivity index (χ3n) is 6.92. The lowest BCUT2D eigenvalue weighted by atomic mass is 9.49. The second-order valence-corrected chi connectivity index (χ2v) is 9.18. The molecule has 27 heavy (non-hydrogen) atoms. The summed E-state index contributed by atoms with van der Waals surface area (Å²) in [6.07, 6.45) is 8.64. The van der Waals surface area contributed by atoms with E-state index in [1.165, 1.54) is 19.3 Å². The highest BCUT2D eigenvalue weighted by atomic mass is 16.3. The minimum atomic E-state index is -0.199. The summed E-state index contributed by atoms with van der Waals surface area (Å²) in [5, 5.41) is 5.87. The Kier molecular flexibility index (Phi) is 5.01. The predicted octanol–water partition coefficient (Wildman–Crippen LogP) is 2.33. The molecular formula is C21H31N3O3. The van der Waals surface area contributed by atoms with Gasteiger partial charge in [0, 0.05) is 12.0 Å². The lowest BCUT2D eigenvalue weighted by Gasteiger charge is -2.55. The monoisotopic (exact) mass is 373 g/mol.